The number of hydrogen-bond donors (Lipinski definition) is 1. The number of nitrogens with zero attached hydrogens (tertiary/aromatic N) is 1. The molecule has 0 saturated carbocycles. The van der Waals surface area contributed by atoms with Crippen LogP contribution in [-0.4, -0.2) is 35.7 Å². The summed E-state index contributed by atoms with van der Waals surface area (Å²) >= 11 is 0. The number of piperidine rings is 1. The molecule has 2 nitrogen and oxygen atoms in total. The van der Waals surface area contributed by atoms with Crippen molar-refractivity contribution >= 4 is 0 Å². The summed E-state index contributed by atoms with van der Waals surface area (Å²) in [4.78, 5) is 2.50. The Morgan fingerprint density at radius 3 is 2.83 bits per heavy atom. The number of rotatable bonds is 3. The van der Waals surface area contributed by atoms with Gasteiger partial charge in [0.15, 0.2) is 0 Å². The van der Waals surface area contributed by atoms with E-state index in [-0.39, 0.29) is 0 Å². The first kappa shape index (κ1) is 10.0. The van der Waals surface area contributed by atoms with Gasteiger partial charge in [-0.25, -0.2) is 0 Å². The van der Waals surface area contributed by atoms with Gasteiger partial charge in [-0.05, 0) is 38.6 Å². The third-order valence-corrected chi connectivity index (χ3v) is 3.11. The molecule has 0 aromatic carbocycles. The van der Waals surface area contributed by atoms with Crippen molar-refractivity contribution in [1.82, 2.24) is 4.90 Å². The third kappa shape index (κ3) is 2.46. The Bertz CT molecular complexity index is 127. The van der Waals surface area contributed by atoms with E-state index in [0.29, 0.717) is 12.6 Å². The molecule has 0 spiro atoms. The second kappa shape index (κ2) is 4.83. The van der Waals surface area contributed by atoms with Crippen LogP contribution in [0.25, 0.3) is 0 Å². The maximum Gasteiger partial charge on any atom is 0.0443 e. The van der Waals surface area contributed by atoms with E-state index in [9.17, 15) is 0 Å². The van der Waals surface area contributed by atoms with Gasteiger partial charge in [0.05, 0.1) is 0 Å². The number of aliphatic hydroxyl groups is 1. The minimum absolute atomic E-state index is 0.331. The summed E-state index contributed by atoms with van der Waals surface area (Å²) in [7, 11) is 0. The van der Waals surface area contributed by atoms with E-state index in [2.05, 4.69) is 18.7 Å². The first-order chi connectivity index (χ1) is 5.75. The predicted octanol–water partition coefficient (Wildman–Crippen LogP) is 1.49. The highest BCUT2D eigenvalue weighted by atomic mass is 16.3. The van der Waals surface area contributed by atoms with Gasteiger partial charge in [0, 0.05) is 19.2 Å². The summed E-state index contributed by atoms with van der Waals surface area (Å²) in [5, 5.41) is 8.72. The summed E-state index contributed by atoms with van der Waals surface area (Å²) < 4.78 is 0. The van der Waals surface area contributed by atoms with Gasteiger partial charge < -0.3 is 10.0 Å². The van der Waals surface area contributed by atoms with Crippen LogP contribution in [0.5, 0.6) is 0 Å². The fourth-order valence-corrected chi connectivity index (χ4v) is 2.01. The minimum Gasteiger partial charge on any atom is -0.396 e. The first-order valence-corrected chi connectivity index (χ1v) is 5.10. The maximum atomic E-state index is 8.72. The van der Waals surface area contributed by atoms with Crippen LogP contribution in [-0.2, 0) is 0 Å². The normalized spacial score (nSPS) is 32.2. The van der Waals surface area contributed by atoms with E-state index in [0.717, 1.165) is 18.9 Å². The molecule has 1 fully saturated rings. The van der Waals surface area contributed by atoms with Crippen molar-refractivity contribution in [3.05, 3.63) is 0 Å². The van der Waals surface area contributed by atoms with Gasteiger partial charge in [-0.2, -0.15) is 0 Å². The third-order valence-electron chi connectivity index (χ3n) is 3.11. The molecule has 2 atom stereocenters. The zero-order valence-corrected chi connectivity index (χ0v) is 8.29. The van der Waals surface area contributed by atoms with E-state index in [1.54, 1.807) is 0 Å². The SMILES string of the molecule is CC1CCCN(CCCO)C1C. The fraction of sp³-hybridized carbons (Fsp3) is 1.00. The fourth-order valence-electron chi connectivity index (χ4n) is 2.01. The summed E-state index contributed by atoms with van der Waals surface area (Å²) in [6.45, 7) is 7.27. The van der Waals surface area contributed by atoms with Crippen molar-refractivity contribution in [1.29, 1.82) is 0 Å². The molecule has 1 saturated heterocycles. The lowest BCUT2D eigenvalue weighted by atomic mass is 9.92. The van der Waals surface area contributed by atoms with Gasteiger partial charge in [-0.1, -0.05) is 6.92 Å². The smallest absolute Gasteiger partial charge is 0.0443 e. The molecule has 1 N–H and O–H groups in total. The van der Waals surface area contributed by atoms with Crippen LogP contribution in [0.15, 0.2) is 0 Å². The second-order valence-corrected chi connectivity index (χ2v) is 3.97. The van der Waals surface area contributed by atoms with Crippen molar-refractivity contribution < 1.29 is 5.11 Å². The largest absolute Gasteiger partial charge is 0.396 e. The highest BCUT2D eigenvalue weighted by molar-refractivity contribution is 4.78. The van der Waals surface area contributed by atoms with Crippen LogP contribution >= 0.6 is 0 Å². The zero-order valence-electron chi connectivity index (χ0n) is 8.29. The molecule has 0 radical (unpaired) electrons. The Morgan fingerprint density at radius 1 is 1.42 bits per heavy atom. The van der Waals surface area contributed by atoms with Crippen LogP contribution in [0.3, 0.4) is 0 Å². The average molecular weight is 171 g/mol. The van der Waals surface area contributed by atoms with Crippen LogP contribution in [0.2, 0.25) is 0 Å². The number of likely N-dealkylation sites (tertiary alicyclic amines) is 1. The lowest BCUT2D eigenvalue weighted by Gasteiger charge is -2.37. The molecule has 72 valence electrons. The van der Waals surface area contributed by atoms with E-state index < -0.39 is 0 Å². The highest BCUT2D eigenvalue weighted by Crippen LogP contribution is 2.22. The van der Waals surface area contributed by atoms with E-state index in [1.807, 2.05) is 0 Å². The summed E-state index contributed by atoms with van der Waals surface area (Å²) in [5.41, 5.74) is 0. The van der Waals surface area contributed by atoms with E-state index >= 15 is 0 Å². The Kier molecular flexibility index (Phi) is 4.02. The lowest BCUT2D eigenvalue weighted by molar-refractivity contribution is 0.105. The van der Waals surface area contributed by atoms with Gasteiger partial charge in [-0.3, -0.25) is 0 Å². The number of hydrogen-bond acceptors (Lipinski definition) is 2. The first-order valence-electron chi connectivity index (χ1n) is 5.10. The molecule has 2 unspecified atom stereocenters. The maximum absolute atomic E-state index is 8.72. The van der Waals surface area contributed by atoms with Crippen molar-refractivity contribution in [3.8, 4) is 0 Å². The van der Waals surface area contributed by atoms with Crippen LogP contribution < -0.4 is 0 Å². The van der Waals surface area contributed by atoms with Crippen molar-refractivity contribution in [2.45, 2.75) is 39.2 Å². The predicted molar refractivity (Wildman–Crippen MR) is 51.1 cm³/mol. The van der Waals surface area contributed by atoms with Crippen molar-refractivity contribution in [2.75, 3.05) is 19.7 Å². The summed E-state index contributed by atoms with van der Waals surface area (Å²) in [5.74, 6) is 0.831. The molecule has 1 aliphatic heterocycles. The van der Waals surface area contributed by atoms with Gasteiger partial charge in [-0.15, -0.1) is 0 Å². The Hall–Kier alpha value is -0.0800. The lowest BCUT2D eigenvalue weighted by Crippen LogP contribution is -2.42. The highest BCUT2D eigenvalue weighted by Gasteiger charge is 2.23. The van der Waals surface area contributed by atoms with Crippen molar-refractivity contribution in [2.24, 2.45) is 5.92 Å². The van der Waals surface area contributed by atoms with Crippen LogP contribution in [0.1, 0.15) is 33.1 Å². The number of aliphatic hydroxyl groups excluding tert-OH is 1. The van der Waals surface area contributed by atoms with Crippen molar-refractivity contribution in [3.63, 3.8) is 0 Å². The molecule has 2 heteroatoms. The second-order valence-electron chi connectivity index (χ2n) is 3.97. The Morgan fingerprint density at radius 2 is 2.17 bits per heavy atom. The molecule has 0 aromatic heterocycles. The quantitative estimate of drug-likeness (QED) is 0.695. The Labute approximate surface area is 75.6 Å². The molecule has 1 rings (SSSR count). The summed E-state index contributed by atoms with van der Waals surface area (Å²) in [6, 6.07) is 0.713. The standard InChI is InChI=1S/C10H21NO/c1-9-5-3-6-11(10(9)2)7-4-8-12/h9-10,12H,3-8H2,1-2H3. The molecule has 12 heavy (non-hydrogen) atoms. The van der Waals surface area contributed by atoms with Gasteiger partial charge in [0.1, 0.15) is 0 Å². The molecule has 0 amide bonds. The minimum atomic E-state index is 0.331. The summed E-state index contributed by atoms with van der Waals surface area (Å²) in [6.07, 6.45) is 3.63. The molecular weight excluding hydrogens is 150 g/mol. The van der Waals surface area contributed by atoms with Crippen LogP contribution in [0.4, 0.5) is 0 Å². The van der Waals surface area contributed by atoms with Gasteiger partial charge in [0.25, 0.3) is 0 Å². The van der Waals surface area contributed by atoms with Gasteiger partial charge in [0.2, 0.25) is 0 Å². The van der Waals surface area contributed by atoms with Crippen LogP contribution in [0, 0.1) is 5.92 Å². The molecular formula is C10H21NO. The molecule has 0 aromatic rings. The Balaban J connectivity index is 2.30. The molecule has 0 bridgehead atoms. The monoisotopic (exact) mass is 171 g/mol. The van der Waals surface area contributed by atoms with E-state index in [1.165, 1.54) is 19.4 Å². The zero-order chi connectivity index (χ0) is 8.97. The molecule has 1 heterocycles. The van der Waals surface area contributed by atoms with Gasteiger partial charge >= 0.3 is 0 Å². The topological polar surface area (TPSA) is 23.5 Å². The molecule has 1 aliphatic rings. The van der Waals surface area contributed by atoms with E-state index in [4.69, 9.17) is 5.11 Å². The molecule has 0 aliphatic carbocycles. The average Bonchev–Trinajstić information content (AvgIpc) is 2.08.